The summed E-state index contributed by atoms with van der Waals surface area (Å²) < 4.78 is 10.1. The summed E-state index contributed by atoms with van der Waals surface area (Å²) in [4.78, 5) is 35.3. The molecule has 0 radical (unpaired) electrons. The Kier molecular flexibility index (Phi) is 6.13. The average molecular weight is 330 g/mol. The lowest BCUT2D eigenvalue weighted by molar-refractivity contribution is -0.153. The molecule has 24 heavy (non-hydrogen) atoms. The minimum Gasteiger partial charge on any atom is -0.467 e. The second-order valence-corrected chi connectivity index (χ2v) is 4.98. The first-order chi connectivity index (χ1) is 11.6. The predicted molar refractivity (Wildman–Crippen MR) is 84.9 cm³/mol. The predicted octanol–water partition coefficient (Wildman–Crippen LogP) is 1.26. The van der Waals surface area contributed by atoms with Gasteiger partial charge in [0.2, 0.25) is 0 Å². The quantitative estimate of drug-likeness (QED) is 0.745. The molecule has 0 unspecified atom stereocenters. The van der Waals surface area contributed by atoms with E-state index in [0.29, 0.717) is 11.3 Å². The topological polar surface area (TPSA) is 97.6 Å². The van der Waals surface area contributed by atoms with Crippen LogP contribution < -0.4 is 10.6 Å². The van der Waals surface area contributed by atoms with E-state index in [2.05, 4.69) is 10.6 Å². The molecule has 0 bridgehead atoms. The van der Waals surface area contributed by atoms with Crippen LogP contribution in [0.25, 0.3) is 0 Å². The number of hydrogen-bond donors (Lipinski definition) is 2. The van der Waals surface area contributed by atoms with Gasteiger partial charge in [0.05, 0.1) is 12.8 Å². The standard InChI is InChI=1S/C17H18N2O5/c1-12(16(21)18-10-14-8-5-9-23-14)24-15(20)11-19-17(22)13-6-3-2-4-7-13/h2-9,12H,10-11H2,1H3,(H,18,21)(H,19,22)/t12-/m1/s1. The van der Waals surface area contributed by atoms with Crippen molar-refractivity contribution in [1.29, 1.82) is 0 Å². The van der Waals surface area contributed by atoms with E-state index in [4.69, 9.17) is 9.15 Å². The molecule has 2 aromatic rings. The Morgan fingerprint density at radius 1 is 1.08 bits per heavy atom. The minimum atomic E-state index is -0.971. The summed E-state index contributed by atoms with van der Waals surface area (Å²) in [5, 5.41) is 5.02. The van der Waals surface area contributed by atoms with E-state index in [0.717, 1.165) is 0 Å². The molecule has 0 saturated heterocycles. The molecular weight excluding hydrogens is 312 g/mol. The Morgan fingerprint density at radius 3 is 2.50 bits per heavy atom. The largest absolute Gasteiger partial charge is 0.467 e. The van der Waals surface area contributed by atoms with Gasteiger partial charge in [-0.3, -0.25) is 14.4 Å². The first kappa shape index (κ1) is 17.3. The summed E-state index contributed by atoms with van der Waals surface area (Å²) in [7, 11) is 0. The molecule has 2 amide bonds. The third kappa shape index (κ3) is 5.28. The number of furan rings is 1. The fraction of sp³-hybridized carbons (Fsp3) is 0.235. The van der Waals surface area contributed by atoms with Gasteiger partial charge in [-0.25, -0.2) is 0 Å². The van der Waals surface area contributed by atoms with Gasteiger partial charge >= 0.3 is 5.97 Å². The van der Waals surface area contributed by atoms with E-state index in [1.165, 1.54) is 13.2 Å². The van der Waals surface area contributed by atoms with Crippen LogP contribution in [0.1, 0.15) is 23.0 Å². The first-order valence-electron chi connectivity index (χ1n) is 7.39. The lowest BCUT2D eigenvalue weighted by atomic mass is 10.2. The van der Waals surface area contributed by atoms with Crippen molar-refractivity contribution in [2.75, 3.05) is 6.54 Å². The molecule has 0 spiro atoms. The van der Waals surface area contributed by atoms with Crippen molar-refractivity contribution in [2.24, 2.45) is 0 Å². The summed E-state index contributed by atoms with van der Waals surface area (Å²) in [5.74, 6) is -0.937. The Balaban J connectivity index is 1.71. The smallest absolute Gasteiger partial charge is 0.326 e. The van der Waals surface area contributed by atoms with Crippen molar-refractivity contribution in [3.63, 3.8) is 0 Å². The second kappa shape index (κ2) is 8.52. The van der Waals surface area contributed by atoms with Crippen molar-refractivity contribution in [3.05, 3.63) is 60.1 Å². The molecule has 1 heterocycles. The van der Waals surface area contributed by atoms with Crippen molar-refractivity contribution < 1.29 is 23.5 Å². The molecule has 126 valence electrons. The fourth-order valence-corrected chi connectivity index (χ4v) is 1.87. The average Bonchev–Trinajstić information content (AvgIpc) is 3.11. The van der Waals surface area contributed by atoms with Crippen LogP contribution in [0.15, 0.2) is 53.1 Å². The molecule has 1 atom stereocenters. The number of rotatable bonds is 7. The zero-order valence-corrected chi connectivity index (χ0v) is 13.2. The SMILES string of the molecule is C[C@@H](OC(=O)CNC(=O)c1ccccc1)C(=O)NCc1ccco1. The highest BCUT2D eigenvalue weighted by Gasteiger charge is 2.18. The highest BCUT2D eigenvalue weighted by molar-refractivity contribution is 5.96. The van der Waals surface area contributed by atoms with E-state index in [1.54, 1.807) is 42.5 Å². The van der Waals surface area contributed by atoms with E-state index >= 15 is 0 Å². The molecule has 7 heteroatoms. The fourth-order valence-electron chi connectivity index (χ4n) is 1.87. The van der Waals surface area contributed by atoms with Crippen molar-refractivity contribution in [3.8, 4) is 0 Å². The van der Waals surface area contributed by atoms with Crippen LogP contribution in [0.5, 0.6) is 0 Å². The van der Waals surface area contributed by atoms with Gasteiger partial charge in [-0.05, 0) is 31.2 Å². The van der Waals surface area contributed by atoms with E-state index in [-0.39, 0.29) is 19.0 Å². The Bertz CT molecular complexity index is 682. The molecule has 2 rings (SSSR count). The molecule has 0 saturated carbocycles. The molecule has 1 aromatic carbocycles. The van der Waals surface area contributed by atoms with E-state index in [1.807, 2.05) is 0 Å². The van der Waals surface area contributed by atoms with Gasteiger partial charge in [0.25, 0.3) is 11.8 Å². The number of carbonyl (C=O) groups excluding carboxylic acids is 3. The molecule has 0 fully saturated rings. The molecule has 0 aliphatic heterocycles. The third-order valence-electron chi connectivity index (χ3n) is 3.12. The number of benzene rings is 1. The monoisotopic (exact) mass is 330 g/mol. The van der Waals surface area contributed by atoms with E-state index in [9.17, 15) is 14.4 Å². The maximum atomic E-state index is 11.8. The summed E-state index contributed by atoms with van der Waals surface area (Å²) >= 11 is 0. The van der Waals surface area contributed by atoms with Gasteiger partial charge in [-0.15, -0.1) is 0 Å². The molecule has 0 aliphatic rings. The lowest BCUT2D eigenvalue weighted by Crippen LogP contribution is -2.38. The molecule has 0 aliphatic carbocycles. The number of amides is 2. The Labute approximate surface area is 139 Å². The first-order valence-corrected chi connectivity index (χ1v) is 7.39. The summed E-state index contributed by atoms with van der Waals surface area (Å²) in [5.41, 5.74) is 0.439. The molecule has 7 nitrogen and oxygen atoms in total. The van der Waals surface area contributed by atoms with Crippen LogP contribution in [0, 0.1) is 0 Å². The molecule has 2 N–H and O–H groups in total. The van der Waals surface area contributed by atoms with E-state index < -0.39 is 18.0 Å². The van der Waals surface area contributed by atoms with Gasteiger partial charge in [-0.2, -0.15) is 0 Å². The number of carbonyl (C=O) groups is 3. The van der Waals surface area contributed by atoms with Gasteiger partial charge in [0.1, 0.15) is 12.3 Å². The van der Waals surface area contributed by atoms with Gasteiger partial charge in [-0.1, -0.05) is 18.2 Å². The molecule has 1 aromatic heterocycles. The van der Waals surface area contributed by atoms with Gasteiger partial charge in [0.15, 0.2) is 6.10 Å². The lowest BCUT2D eigenvalue weighted by Gasteiger charge is -2.13. The Hall–Kier alpha value is -3.09. The number of esters is 1. The van der Waals surface area contributed by atoms with Crippen LogP contribution in [0.4, 0.5) is 0 Å². The minimum absolute atomic E-state index is 0.207. The summed E-state index contributed by atoms with van der Waals surface area (Å²) in [6.07, 6.45) is 0.529. The normalized spacial score (nSPS) is 11.4. The van der Waals surface area contributed by atoms with Crippen molar-refractivity contribution in [2.45, 2.75) is 19.6 Å². The summed E-state index contributed by atoms with van der Waals surface area (Å²) in [6, 6.07) is 11.9. The highest BCUT2D eigenvalue weighted by Crippen LogP contribution is 2.00. The van der Waals surface area contributed by atoms with Crippen LogP contribution in [-0.2, 0) is 20.9 Å². The summed E-state index contributed by atoms with van der Waals surface area (Å²) in [6.45, 7) is 1.34. The number of ether oxygens (including phenoxy) is 1. The van der Waals surface area contributed by atoms with Crippen LogP contribution in [0.3, 0.4) is 0 Å². The highest BCUT2D eigenvalue weighted by atomic mass is 16.5. The maximum Gasteiger partial charge on any atom is 0.326 e. The Morgan fingerprint density at radius 2 is 1.83 bits per heavy atom. The van der Waals surface area contributed by atoms with Gasteiger partial charge < -0.3 is 19.8 Å². The number of nitrogens with one attached hydrogen (secondary N) is 2. The van der Waals surface area contributed by atoms with Crippen LogP contribution >= 0.6 is 0 Å². The van der Waals surface area contributed by atoms with Crippen LogP contribution in [-0.4, -0.2) is 30.4 Å². The van der Waals surface area contributed by atoms with Crippen molar-refractivity contribution in [1.82, 2.24) is 10.6 Å². The van der Waals surface area contributed by atoms with Gasteiger partial charge in [0, 0.05) is 5.56 Å². The zero-order valence-electron chi connectivity index (χ0n) is 13.2. The molecular formula is C17H18N2O5. The second-order valence-electron chi connectivity index (χ2n) is 4.98. The third-order valence-corrected chi connectivity index (χ3v) is 3.12. The maximum absolute atomic E-state index is 11.8. The van der Waals surface area contributed by atoms with Crippen LogP contribution in [0.2, 0.25) is 0 Å². The van der Waals surface area contributed by atoms with Crippen molar-refractivity contribution >= 4 is 17.8 Å². The number of hydrogen-bond acceptors (Lipinski definition) is 5. The zero-order chi connectivity index (χ0) is 17.4.